The fraction of sp³-hybridized carbons (Fsp3) is 0.385. The Morgan fingerprint density at radius 3 is 2.24 bits per heavy atom. The van der Waals surface area contributed by atoms with Gasteiger partial charge in [0.05, 0.1) is 10.5 Å². The minimum absolute atomic E-state index is 0.00162. The monoisotopic (exact) mass is 500 g/mol. The fourth-order valence-corrected chi connectivity index (χ4v) is 6.29. The zero-order chi connectivity index (χ0) is 25.4. The van der Waals surface area contributed by atoms with Crippen molar-refractivity contribution in [3.05, 3.63) is 64.0 Å². The van der Waals surface area contributed by atoms with Gasteiger partial charge in [-0.25, -0.2) is 22.5 Å². The van der Waals surface area contributed by atoms with Crippen LogP contribution in [0.15, 0.2) is 47.4 Å². The van der Waals surface area contributed by atoms with Gasteiger partial charge in [-0.05, 0) is 48.4 Å². The van der Waals surface area contributed by atoms with Gasteiger partial charge in [0.1, 0.15) is 5.01 Å². The maximum Gasteiger partial charge on any atom is 0.336 e. The largest absolute Gasteiger partial charge is 0.478 e. The van der Waals surface area contributed by atoms with E-state index >= 15 is 0 Å². The van der Waals surface area contributed by atoms with Gasteiger partial charge in [-0.3, -0.25) is 0 Å². The number of anilines is 1. The van der Waals surface area contributed by atoms with E-state index in [2.05, 4.69) is 37.9 Å². The average molecular weight is 501 g/mol. The van der Waals surface area contributed by atoms with Crippen molar-refractivity contribution in [2.75, 3.05) is 10.8 Å². The number of thiazole rings is 1. The summed E-state index contributed by atoms with van der Waals surface area (Å²) in [4.78, 5) is 17.2. The molecular formula is C26H32N2O4S2. The molecule has 0 saturated carbocycles. The van der Waals surface area contributed by atoms with Crippen LogP contribution >= 0.6 is 11.3 Å². The van der Waals surface area contributed by atoms with E-state index in [1.54, 1.807) is 13.0 Å². The van der Waals surface area contributed by atoms with Crippen LogP contribution in [-0.2, 0) is 15.4 Å². The number of carbonyl (C=O) groups is 1. The van der Waals surface area contributed by atoms with Crippen molar-refractivity contribution in [1.29, 1.82) is 0 Å². The summed E-state index contributed by atoms with van der Waals surface area (Å²) in [6.45, 7) is 14.0. The summed E-state index contributed by atoms with van der Waals surface area (Å²) >= 11 is 1.44. The first kappa shape index (κ1) is 25.9. The van der Waals surface area contributed by atoms with Crippen molar-refractivity contribution in [1.82, 2.24) is 4.98 Å². The topological polar surface area (TPSA) is 87.6 Å². The second-order valence-corrected chi connectivity index (χ2v) is 12.7. The zero-order valence-electron chi connectivity index (χ0n) is 20.7. The van der Waals surface area contributed by atoms with Gasteiger partial charge in [0.25, 0.3) is 10.0 Å². The molecule has 1 N–H and O–H groups in total. The minimum Gasteiger partial charge on any atom is -0.478 e. The van der Waals surface area contributed by atoms with Crippen molar-refractivity contribution < 1.29 is 18.3 Å². The van der Waals surface area contributed by atoms with Crippen LogP contribution in [0.1, 0.15) is 73.8 Å². The number of carboxylic acids is 1. The Morgan fingerprint density at radius 2 is 1.74 bits per heavy atom. The third-order valence-corrected chi connectivity index (χ3v) is 8.63. The van der Waals surface area contributed by atoms with E-state index in [0.29, 0.717) is 11.4 Å². The number of hydrogen-bond acceptors (Lipinski definition) is 5. The second kappa shape index (κ2) is 9.50. The van der Waals surface area contributed by atoms with Crippen LogP contribution < -0.4 is 4.31 Å². The lowest BCUT2D eigenvalue weighted by Crippen LogP contribution is -2.31. The first-order chi connectivity index (χ1) is 15.8. The van der Waals surface area contributed by atoms with E-state index in [-0.39, 0.29) is 28.3 Å². The summed E-state index contributed by atoms with van der Waals surface area (Å²) in [5.74, 6) is -0.819. The van der Waals surface area contributed by atoms with Gasteiger partial charge in [0.2, 0.25) is 0 Å². The Kier molecular flexibility index (Phi) is 7.24. The molecule has 0 unspecified atom stereocenters. The standard InChI is InChI=1S/C26H32N2O4S2/c1-8-28(34(31,32)20-13-14-21(16(2)3)22(15-20)25(29)30)23-17(4)33-24(27-23)18-9-11-19(12-10-18)26(5,6)7/h9-16H,8H2,1-7H3,(H,29,30). The lowest BCUT2D eigenvalue weighted by Gasteiger charge is -2.22. The van der Waals surface area contributed by atoms with Crippen LogP contribution in [0.2, 0.25) is 0 Å². The maximum absolute atomic E-state index is 13.6. The van der Waals surface area contributed by atoms with Crippen LogP contribution in [0.25, 0.3) is 10.6 Å². The van der Waals surface area contributed by atoms with Crippen LogP contribution in [0.5, 0.6) is 0 Å². The minimum atomic E-state index is -4.01. The van der Waals surface area contributed by atoms with Gasteiger partial charge in [0.15, 0.2) is 5.82 Å². The van der Waals surface area contributed by atoms with Crippen molar-refractivity contribution in [2.24, 2.45) is 0 Å². The number of benzene rings is 2. The van der Waals surface area contributed by atoms with Gasteiger partial charge < -0.3 is 5.11 Å². The van der Waals surface area contributed by atoms with Gasteiger partial charge in [0, 0.05) is 17.0 Å². The van der Waals surface area contributed by atoms with Crippen molar-refractivity contribution in [2.45, 2.75) is 64.7 Å². The van der Waals surface area contributed by atoms with Crippen LogP contribution in [0, 0.1) is 6.92 Å². The molecule has 0 atom stereocenters. The molecule has 0 amide bonds. The Bertz CT molecular complexity index is 1300. The van der Waals surface area contributed by atoms with Gasteiger partial charge >= 0.3 is 5.97 Å². The molecule has 0 aliphatic carbocycles. The first-order valence-corrected chi connectivity index (χ1v) is 13.5. The van der Waals surface area contributed by atoms with Crippen molar-refractivity contribution in [3.8, 4) is 10.6 Å². The molecule has 8 heteroatoms. The number of aryl methyl sites for hydroxylation is 1. The highest BCUT2D eigenvalue weighted by Crippen LogP contribution is 2.36. The van der Waals surface area contributed by atoms with Crippen molar-refractivity contribution in [3.63, 3.8) is 0 Å². The smallest absolute Gasteiger partial charge is 0.336 e. The summed E-state index contributed by atoms with van der Waals surface area (Å²) < 4.78 is 28.4. The highest BCUT2D eigenvalue weighted by Gasteiger charge is 2.29. The van der Waals surface area contributed by atoms with Crippen molar-refractivity contribution >= 4 is 33.1 Å². The molecule has 34 heavy (non-hydrogen) atoms. The number of rotatable bonds is 7. The molecule has 0 aliphatic rings. The van der Waals surface area contributed by atoms with E-state index in [9.17, 15) is 18.3 Å². The van der Waals surface area contributed by atoms with E-state index in [4.69, 9.17) is 0 Å². The van der Waals surface area contributed by atoms with Gasteiger partial charge in [-0.15, -0.1) is 11.3 Å². The number of hydrogen-bond donors (Lipinski definition) is 1. The average Bonchev–Trinajstić information content (AvgIpc) is 3.14. The molecular weight excluding hydrogens is 468 g/mol. The summed E-state index contributed by atoms with van der Waals surface area (Å²) in [6, 6.07) is 12.5. The molecule has 0 bridgehead atoms. The van der Waals surface area contributed by atoms with Crippen LogP contribution in [0.4, 0.5) is 5.82 Å². The number of carboxylic acid groups (broad SMARTS) is 1. The Balaban J connectivity index is 2.03. The number of aromatic nitrogens is 1. The third kappa shape index (κ3) is 5.03. The molecule has 0 fully saturated rings. The lowest BCUT2D eigenvalue weighted by atomic mass is 9.87. The molecule has 6 nitrogen and oxygen atoms in total. The van der Waals surface area contributed by atoms with E-state index in [0.717, 1.165) is 15.4 Å². The maximum atomic E-state index is 13.6. The highest BCUT2D eigenvalue weighted by atomic mass is 32.2. The molecule has 3 aromatic rings. The summed E-state index contributed by atoms with van der Waals surface area (Å²) in [6.07, 6.45) is 0. The third-order valence-electron chi connectivity index (χ3n) is 5.76. The molecule has 2 aromatic carbocycles. The summed E-state index contributed by atoms with van der Waals surface area (Å²) in [5, 5.41) is 10.4. The number of nitrogens with zero attached hydrogens (tertiary/aromatic N) is 2. The molecule has 0 saturated heterocycles. The van der Waals surface area contributed by atoms with Crippen LogP contribution in [-0.4, -0.2) is 31.0 Å². The predicted molar refractivity (Wildman–Crippen MR) is 139 cm³/mol. The Labute approximate surface area is 206 Å². The van der Waals surface area contributed by atoms with Crippen LogP contribution in [0.3, 0.4) is 0 Å². The zero-order valence-corrected chi connectivity index (χ0v) is 22.3. The SMILES string of the molecule is CCN(c1nc(-c2ccc(C(C)(C)C)cc2)sc1C)S(=O)(=O)c1ccc(C(C)C)c(C(=O)O)c1. The molecule has 0 aliphatic heterocycles. The predicted octanol–water partition coefficient (Wildman–Crippen LogP) is 6.45. The first-order valence-electron chi connectivity index (χ1n) is 11.3. The quantitative estimate of drug-likeness (QED) is 0.403. The molecule has 182 valence electrons. The highest BCUT2D eigenvalue weighted by molar-refractivity contribution is 7.92. The fourth-order valence-electron chi connectivity index (χ4n) is 3.80. The molecule has 0 radical (unpaired) electrons. The van der Waals surface area contributed by atoms with E-state index in [1.165, 1.54) is 33.3 Å². The lowest BCUT2D eigenvalue weighted by molar-refractivity contribution is 0.0695. The van der Waals surface area contributed by atoms with E-state index < -0.39 is 16.0 Å². The Morgan fingerprint density at radius 1 is 1.12 bits per heavy atom. The molecule has 3 rings (SSSR count). The van der Waals surface area contributed by atoms with Gasteiger partial charge in [-0.1, -0.05) is 65.0 Å². The second-order valence-electron chi connectivity index (χ2n) is 9.60. The van der Waals surface area contributed by atoms with Gasteiger partial charge in [-0.2, -0.15) is 0 Å². The normalized spacial score (nSPS) is 12.2. The van der Waals surface area contributed by atoms with E-state index in [1.807, 2.05) is 32.9 Å². The summed E-state index contributed by atoms with van der Waals surface area (Å²) in [7, 11) is -4.01. The number of aromatic carboxylic acids is 1. The summed E-state index contributed by atoms with van der Waals surface area (Å²) in [5.41, 5.74) is 2.77. The molecule has 1 aromatic heterocycles. The Hall–Kier alpha value is -2.71. The molecule has 1 heterocycles. The molecule has 0 spiro atoms. The number of sulfonamides is 1.